The van der Waals surface area contributed by atoms with Crippen LogP contribution in [0.2, 0.25) is 0 Å². The number of piperidine rings is 1. The maximum absolute atomic E-state index is 5.91. The van der Waals surface area contributed by atoms with Crippen molar-refractivity contribution in [3.63, 3.8) is 0 Å². The van der Waals surface area contributed by atoms with Crippen molar-refractivity contribution in [1.29, 1.82) is 0 Å². The third-order valence-electron chi connectivity index (χ3n) is 5.05. The van der Waals surface area contributed by atoms with E-state index in [1.807, 2.05) is 0 Å². The van der Waals surface area contributed by atoms with Crippen molar-refractivity contribution in [3.8, 4) is 0 Å². The quantitative estimate of drug-likeness (QED) is 0.732. The van der Waals surface area contributed by atoms with Gasteiger partial charge >= 0.3 is 0 Å². The summed E-state index contributed by atoms with van der Waals surface area (Å²) in [4.78, 5) is 10.7. The van der Waals surface area contributed by atoms with Crippen molar-refractivity contribution in [2.75, 3.05) is 26.7 Å². The number of amidine groups is 1. The highest BCUT2D eigenvalue weighted by molar-refractivity contribution is 5.84. The van der Waals surface area contributed by atoms with Crippen LogP contribution in [-0.2, 0) is 17.8 Å². The standard InChI is InChI=1S/C17H23N3O/c1-19-9-4-8-17(13-19)11-16(18-21-17)20-10-7-14-5-2-3-6-15(14)12-20/h2-3,5-6H,4,7-13H2,1H3/t17-/m1/s1. The fourth-order valence-electron chi connectivity index (χ4n) is 3.93. The van der Waals surface area contributed by atoms with Crippen LogP contribution >= 0.6 is 0 Å². The molecule has 1 aromatic carbocycles. The normalized spacial score (nSPS) is 29.2. The van der Waals surface area contributed by atoms with E-state index in [9.17, 15) is 0 Å². The summed E-state index contributed by atoms with van der Waals surface area (Å²) in [6.45, 7) is 4.22. The van der Waals surface area contributed by atoms with E-state index >= 15 is 0 Å². The zero-order valence-electron chi connectivity index (χ0n) is 12.7. The molecular formula is C17H23N3O. The molecule has 0 bridgehead atoms. The van der Waals surface area contributed by atoms with Crippen molar-refractivity contribution in [2.24, 2.45) is 5.16 Å². The molecule has 1 atom stereocenters. The van der Waals surface area contributed by atoms with E-state index in [1.54, 1.807) is 0 Å². The van der Waals surface area contributed by atoms with Crippen LogP contribution in [-0.4, -0.2) is 47.9 Å². The van der Waals surface area contributed by atoms with Crippen molar-refractivity contribution >= 4 is 5.84 Å². The summed E-state index contributed by atoms with van der Waals surface area (Å²) in [5.74, 6) is 1.15. The minimum atomic E-state index is -0.0563. The van der Waals surface area contributed by atoms with Crippen LogP contribution in [0.4, 0.5) is 0 Å². The molecular weight excluding hydrogens is 262 g/mol. The van der Waals surface area contributed by atoms with Crippen molar-refractivity contribution < 1.29 is 4.84 Å². The number of hydrogen-bond acceptors (Lipinski definition) is 4. The minimum absolute atomic E-state index is 0.0563. The van der Waals surface area contributed by atoms with Crippen LogP contribution in [0, 0.1) is 0 Å². The van der Waals surface area contributed by atoms with Crippen molar-refractivity contribution in [3.05, 3.63) is 35.4 Å². The Balaban J connectivity index is 1.47. The van der Waals surface area contributed by atoms with Gasteiger partial charge in [-0.15, -0.1) is 0 Å². The van der Waals surface area contributed by atoms with Crippen LogP contribution in [0.5, 0.6) is 0 Å². The molecule has 4 nitrogen and oxygen atoms in total. The SMILES string of the molecule is CN1CCC[C@@]2(CC(N3CCc4ccccc4C3)=NO2)C1. The highest BCUT2D eigenvalue weighted by atomic mass is 16.7. The first-order chi connectivity index (χ1) is 10.2. The van der Waals surface area contributed by atoms with Gasteiger partial charge in [-0.05, 0) is 44.0 Å². The summed E-state index contributed by atoms with van der Waals surface area (Å²) < 4.78 is 0. The number of likely N-dealkylation sites (tertiary alicyclic amines) is 1. The zero-order valence-corrected chi connectivity index (χ0v) is 12.7. The highest BCUT2D eigenvalue weighted by Gasteiger charge is 2.43. The third kappa shape index (κ3) is 2.42. The first-order valence-corrected chi connectivity index (χ1v) is 7.99. The highest BCUT2D eigenvalue weighted by Crippen LogP contribution is 2.34. The Hall–Kier alpha value is -1.55. The first kappa shape index (κ1) is 13.1. The lowest BCUT2D eigenvalue weighted by Crippen LogP contribution is -2.47. The molecule has 0 aromatic heterocycles. The third-order valence-corrected chi connectivity index (χ3v) is 5.05. The van der Waals surface area contributed by atoms with E-state index in [0.717, 1.165) is 44.7 Å². The summed E-state index contributed by atoms with van der Waals surface area (Å²) in [6, 6.07) is 8.75. The summed E-state index contributed by atoms with van der Waals surface area (Å²) in [6.07, 6.45) is 4.43. The fraction of sp³-hybridized carbons (Fsp3) is 0.588. The smallest absolute Gasteiger partial charge is 0.157 e. The zero-order chi connectivity index (χ0) is 14.3. The molecule has 3 aliphatic heterocycles. The maximum Gasteiger partial charge on any atom is 0.157 e. The first-order valence-electron chi connectivity index (χ1n) is 7.99. The number of rotatable bonds is 0. The minimum Gasteiger partial charge on any atom is -0.386 e. The number of nitrogens with zero attached hydrogens (tertiary/aromatic N) is 3. The molecule has 1 spiro atoms. The second-order valence-corrected chi connectivity index (χ2v) is 6.74. The van der Waals surface area contributed by atoms with Gasteiger partial charge in [-0.1, -0.05) is 29.4 Å². The average molecular weight is 285 g/mol. The second kappa shape index (κ2) is 5.02. The largest absolute Gasteiger partial charge is 0.386 e. The summed E-state index contributed by atoms with van der Waals surface area (Å²) in [7, 11) is 2.18. The molecule has 4 rings (SSSR count). The van der Waals surface area contributed by atoms with Gasteiger partial charge in [0.2, 0.25) is 0 Å². The Kier molecular flexibility index (Phi) is 3.14. The lowest BCUT2D eigenvalue weighted by molar-refractivity contribution is -0.0631. The van der Waals surface area contributed by atoms with Gasteiger partial charge in [0.25, 0.3) is 0 Å². The number of hydrogen-bond donors (Lipinski definition) is 0. The molecule has 0 saturated carbocycles. The van der Waals surface area contributed by atoms with Gasteiger partial charge in [-0.3, -0.25) is 0 Å². The topological polar surface area (TPSA) is 28.1 Å². The average Bonchev–Trinajstić information content (AvgIpc) is 2.90. The van der Waals surface area contributed by atoms with E-state index in [1.165, 1.54) is 24.1 Å². The molecule has 1 aromatic rings. The van der Waals surface area contributed by atoms with Crippen LogP contribution in [0.3, 0.4) is 0 Å². The fourth-order valence-corrected chi connectivity index (χ4v) is 3.93. The number of oxime groups is 1. The summed E-state index contributed by atoms with van der Waals surface area (Å²) in [5, 5.41) is 4.46. The predicted molar refractivity (Wildman–Crippen MR) is 83.2 cm³/mol. The number of likely N-dealkylation sites (N-methyl/N-ethyl adjacent to an activating group) is 1. The Morgan fingerprint density at radius 3 is 2.90 bits per heavy atom. The summed E-state index contributed by atoms with van der Waals surface area (Å²) >= 11 is 0. The van der Waals surface area contributed by atoms with Gasteiger partial charge in [0.1, 0.15) is 5.84 Å². The van der Waals surface area contributed by atoms with Crippen LogP contribution in [0.1, 0.15) is 30.4 Å². The number of benzene rings is 1. The lowest BCUT2D eigenvalue weighted by Gasteiger charge is -2.37. The molecule has 3 heterocycles. The van der Waals surface area contributed by atoms with Crippen LogP contribution < -0.4 is 0 Å². The van der Waals surface area contributed by atoms with E-state index < -0.39 is 0 Å². The maximum atomic E-state index is 5.91. The number of fused-ring (bicyclic) bond motifs is 1. The van der Waals surface area contributed by atoms with E-state index in [2.05, 4.69) is 46.3 Å². The Bertz CT molecular complexity index is 571. The lowest BCUT2D eigenvalue weighted by atomic mass is 9.89. The van der Waals surface area contributed by atoms with Gasteiger partial charge < -0.3 is 14.6 Å². The summed E-state index contributed by atoms with van der Waals surface area (Å²) in [5.41, 5.74) is 2.87. The predicted octanol–water partition coefficient (Wildman–Crippen LogP) is 2.24. The van der Waals surface area contributed by atoms with Crippen molar-refractivity contribution in [1.82, 2.24) is 9.80 Å². The van der Waals surface area contributed by atoms with E-state index in [4.69, 9.17) is 4.84 Å². The van der Waals surface area contributed by atoms with Gasteiger partial charge in [-0.2, -0.15) is 0 Å². The molecule has 0 N–H and O–H groups in total. The Morgan fingerprint density at radius 2 is 2.05 bits per heavy atom. The monoisotopic (exact) mass is 285 g/mol. The Morgan fingerprint density at radius 1 is 1.19 bits per heavy atom. The molecule has 0 aliphatic carbocycles. The molecule has 3 aliphatic rings. The van der Waals surface area contributed by atoms with Gasteiger partial charge in [0.05, 0.1) is 6.42 Å². The van der Waals surface area contributed by atoms with Crippen LogP contribution in [0.25, 0.3) is 0 Å². The molecule has 0 amide bonds. The molecule has 0 unspecified atom stereocenters. The van der Waals surface area contributed by atoms with Gasteiger partial charge in [0, 0.05) is 19.6 Å². The molecule has 1 saturated heterocycles. The van der Waals surface area contributed by atoms with E-state index in [-0.39, 0.29) is 5.60 Å². The van der Waals surface area contributed by atoms with Crippen molar-refractivity contribution in [2.45, 2.75) is 37.8 Å². The van der Waals surface area contributed by atoms with Crippen LogP contribution in [0.15, 0.2) is 29.4 Å². The Labute approximate surface area is 126 Å². The van der Waals surface area contributed by atoms with Gasteiger partial charge in [0.15, 0.2) is 5.60 Å². The van der Waals surface area contributed by atoms with E-state index in [0.29, 0.717) is 0 Å². The molecule has 4 heteroatoms. The molecule has 112 valence electrons. The molecule has 0 radical (unpaired) electrons. The van der Waals surface area contributed by atoms with Gasteiger partial charge in [-0.25, -0.2) is 0 Å². The molecule has 21 heavy (non-hydrogen) atoms. The molecule has 1 fully saturated rings. The second-order valence-electron chi connectivity index (χ2n) is 6.74.